The van der Waals surface area contributed by atoms with Gasteiger partial charge in [-0.05, 0) is 124 Å². The van der Waals surface area contributed by atoms with Crippen molar-refractivity contribution in [3.63, 3.8) is 0 Å². The Balaban J connectivity index is 1.34. The molecule has 1 unspecified atom stereocenters. The number of guanidine groups is 2. The molecule has 42 heteroatoms. The molecule has 594 valence electrons. The van der Waals surface area contributed by atoms with Gasteiger partial charge in [0.25, 0.3) is 5.91 Å². The minimum Gasteiger partial charge on any atom is -0.508 e. The predicted molar refractivity (Wildman–Crippen MR) is 374 cm³/mol. The number of nitrogens with two attached hydrogens (primary N) is 2. The van der Waals surface area contributed by atoms with Gasteiger partial charge in [0.05, 0.1) is 31.5 Å². The lowest BCUT2D eigenvalue weighted by Gasteiger charge is -2.26. The van der Waals surface area contributed by atoms with Crippen LogP contribution in [0.2, 0.25) is 0 Å². The summed E-state index contributed by atoms with van der Waals surface area (Å²) in [5.41, 5.74) is 8.91. The molecular weight excluding hydrogens is 1450 g/mol. The zero-order chi connectivity index (χ0) is 80.5. The van der Waals surface area contributed by atoms with Crippen molar-refractivity contribution in [1.82, 2.24) is 79.8 Å². The summed E-state index contributed by atoms with van der Waals surface area (Å²) in [5.74, 6) is -19.3. The number of carboxylic acid groups (broad SMARTS) is 2. The Morgan fingerprint density at radius 1 is 0.477 bits per heavy atom. The molecule has 2 aliphatic rings. The van der Waals surface area contributed by atoms with Gasteiger partial charge in [-0.1, -0.05) is 24.3 Å². The van der Waals surface area contributed by atoms with Crippen molar-refractivity contribution in [3.8, 4) is 11.5 Å². The molecule has 2 aliphatic heterocycles. The number of amides is 13. The number of aliphatic carboxylic acids is 2. The molecule has 13 amide bonds. The van der Waals surface area contributed by atoms with Crippen LogP contribution in [-0.2, 0) is 86.1 Å². The van der Waals surface area contributed by atoms with Crippen LogP contribution in [0, 0.1) is 16.6 Å². The van der Waals surface area contributed by atoms with Gasteiger partial charge in [0.2, 0.25) is 70.9 Å². The summed E-state index contributed by atoms with van der Waals surface area (Å²) in [6.45, 7) is -2.05. The van der Waals surface area contributed by atoms with Crippen LogP contribution in [0.1, 0.15) is 117 Å². The van der Waals surface area contributed by atoms with Gasteiger partial charge in [-0.15, -0.1) is 0 Å². The fraction of sp³-hybridized carbons (Fsp3) is 0.478. The van der Waals surface area contributed by atoms with E-state index in [4.69, 9.17) is 22.3 Å². The van der Waals surface area contributed by atoms with E-state index in [1.54, 1.807) is 0 Å². The van der Waals surface area contributed by atoms with Crippen LogP contribution >= 0.6 is 0 Å². The molecule has 0 bridgehead atoms. The summed E-state index contributed by atoms with van der Waals surface area (Å²) in [4.78, 5) is 203. The Labute approximate surface area is 619 Å². The van der Waals surface area contributed by atoms with Crippen LogP contribution in [0.25, 0.3) is 0 Å². The number of nitrogens with one attached hydrogen (secondary N) is 17. The number of carbonyl (C=O) groups is 15. The Bertz CT molecular complexity index is 3800. The van der Waals surface area contributed by atoms with Crippen LogP contribution < -0.4 is 91.2 Å². The van der Waals surface area contributed by atoms with E-state index in [0.717, 1.165) is 0 Å². The van der Waals surface area contributed by atoms with Gasteiger partial charge in [-0.25, -0.2) is 4.39 Å². The van der Waals surface area contributed by atoms with E-state index < -0.39 is 217 Å². The van der Waals surface area contributed by atoms with Gasteiger partial charge in [0.15, 0.2) is 11.9 Å². The standard InChI is InChI=1S/C67H89F4N19O19/c68-40-20-15-36(29-39(40)67(69,70)71)55(100)84-45(56(101)77-24-4-2-8-44-60(105)86-42(10-6-26-79-66(74)75)58(103)81-33-52(95)83-49(31-54(98)99)64(109)90-47(62(107)88-44)28-35-13-18-38(92)19-14-35)21-22-50(93)76-23-3-1-7-43-59(104)85-41(9-5-25-78-65(72)73)57(102)80-32-51(94)82-48(30-53(96)97)63(108)89-46(61(106)87-43)27-34-11-16-37(91)17-12-34/h11-20,29,41-49,91-92H,1-10,21-28,30-33H2,(H,76,93)(H,77,101)(H,80,102)(H,81,103)(H,82,94)(H,83,95)(H,84,100)(H,85,104)(H,86,105)(H,87,106)(H,88,107)(H,89,108)(H,90,109)(H,96,97)(H,98,99)(H4,72,73,78)(H4,74,75,79)/t41-,42-,43-,44-,45?,46-,47-,48-,49-/m0/s1/i68-1. The van der Waals surface area contributed by atoms with Gasteiger partial charge in [-0.3, -0.25) is 82.7 Å². The van der Waals surface area contributed by atoms with Crippen LogP contribution in [0.5, 0.6) is 11.5 Å². The van der Waals surface area contributed by atoms with E-state index >= 15 is 0 Å². The summed E-state index contributed by atoms with van der Waals surface area (Å²) >= 11 is 0. The van der Waals surface area contributed by atoms with Crippen LogP contribution in [-0.4, -0.2) is 215 Å². The van der Waals surface area contributed by atoms with Crippen molar-refractivity contribution in [2.75, 3.05) is 39.3 Å². The van der Waals surface area contributed by atoms with Gasteiger partial charge < -0.3 is 112 Å². The first-order chi connectivity index (χ1) is 51.5. The molecule has 3 aromatic rings. The Morgan fingerprint density at radius 3 is 1.25 bits per heavy atom. The number of hydrogen-bond acceptors (Lipinski definition) is 19. The summed E-state index contributed by atoms with van der Waals surface area (Å²) in [6.07, 6.45) is -9.79. The summed E-state index contributed by atoms with van der Waals surface area (Å²) in [5, 5.41) is 90.6. The third-order valence-corrected chi connectivity index (χ3v) is 16.7. The number of unbranched alkanes of at least 4 members (excludes halogenated alkanes) is 2. The molecule has 3 aromatic carbocycles. The van der Waals surface area contributed by atoms with Crippen LogP contribution in [0.3, 0.4) is 0 Å². The van der Waals surface area contributed by atoms with E-state index in [1.165, 1.54) is 48.5 Å². The van der Waals surface area contributed by atoms with Crippen molar-refractivity contribution in [1.29, 1.82) is 10.8 Å². The van der Waals surface area contributed by atoms with Crippen molar-refractivity contribution >= 4 is 101 Å². The average Bonchev–Trinajstić information content (AvgIpc) is 0.994. The lowest BCUT2D eigenvalue weighted by Crippen LogP contribution is -2.58. The van der Waals surface area contributed by atoms with Crippen molar-refractivity contribution in [3.05, 3.63) is 94.8 Å². The first kappa shape index (κ1) is 87.2. The van der Waals surface area contributed by atoms with Crippen molar-refractivity contribution < 1.29 is 110 Å². The molecule has 25 N–H and O–H groups in total. The number of halogens is 4. The maximum absolute atomic E-state index is 14.4. The highest BCUT2D eigenvalue weighted by atomic mass is 19.4. The van der Waals surface area contributed by atoms with Crippen molar-refractivity contribution in [2.45, 2.75) is 163 Å². The third kappa shape index (κ3) is 31.3. The molecule has 0 spiro atoms. The van der Waals surface area contributed by atoms with E-state index in [-0.39, 0.29) is 121 Å². The third-order valence-electron chi connectivity index (χ3n) is 16.7. The number of hydrogen-bond donors (Lipinski definition) is 23. The van der Waals surface area contributed by atoms with Crippen molar-refractivity contribution in [2.24, 2.45) is 11.5 Å². The number of phenolic OH excluding ortho intramolecular Hbond substituents is 2. The molecule has 2 heterocycles. The van der Waals surface area contributed by atoms with Gasteiger partial charge in [-0.2, -0.15) is 13.2 Å². The highest BCUT2D eigenvalue weighted by Crippen LogP contribution is 2.32. The fourth-order valence-electron chi connectivity index (χ4n) is 11.0. The van der Waals surface area contributed by atoms with Gasteiger partial charge in [0.1, 0.15) is 71.7 Å². The molecule has 0 aromatic heterocycles. The second-order valence-corrected chi connectivity index (χ2v) is 25.3. The molecular formula is C67H89F4N19O19. The number of carboxylic acids is 2. The van der Waals surface area contributed by atoms with E-state index in [0.29, 0.717) is 23.3 Å². The average molecular weight is 1540 g/mol. The molecule has 2 saturated heterocycles. The summed E-state index contributed by atoms with van der Waals surface area (Å²) < 4.78 is 55.9. The van der Waals surface area contributed by atoms with Crippen LogP contribution in [0.15, 0.2) is 66.7 Å². The monoisotopic (exact) mass is 1540 g/mol. The molecule has 9 atom stereocenters. The molecule has 5 rings (SSSR count). The first-order valence-corrected chi connectivity index (χ1v) is 34.4. The maximum Gasteiger partial charge on any atom is 0.419 e. The van der Waals surface area contributed by atoms with E-state index in [9.17, 15) is 110 Å². The normalized spacial score (nSPS) is 20.3. The maximum atomic E-state index is 14.4. The Morgan fingerprint density at radius 2 is 0.844 bits per heavy atom. The number of carbonyl (C=O) groups excluding carboxylic acids is 13. The Kier molecular flexibility index (Phi) is 34.6. The second-order valence-electron chi connectivity index (χ2n) is 25.3. The molecule has 0 saturated carbocycles. The topological polar surface area (TPSA) is 617 Å². The summed E-state index contributed by atoms with van der Waals surface area (Å²) in [6, 6.07) is -2.50. The van der Waals surface area contributed by atoms with E-state index in [1.807, 2.05) is 0 Å². The molecule has 2 fully saturated rings. The largest absolute Gasteiger partial charge is 0.508 e. The van der Waals surface area contributed by atoms with E-state index in [2.05, 4.69) is 79.8 Å². The zero-order valence-corrected chi connectivity index (χ0v) is 58.7. The SMILES string of the molecule is N=C(N)NCCC[C@@H]1NC(=O)[C@H](CCCCNC(=O)CCC(NC(=O)c2ccc([18F])c(C(F)(F)F)c2)C(=O)NCCCC[C@@H]2NC(=O)[C@H](Cc3ccc(O)cc3)NC(=O)[C@H](CC(=O)O)NC(=O)CNC(=O)[C@H](CCCNC(=N)N)NC2=O)NC(=O)[C@H](Cc2ccc(O)cc2)NC(=O)[C@H](CC(=O)O)NC(=O)CNC1=O. The highest BCUT2D eigenvalue weighted by Gasteiger charge is 2.38. The molecule has 0 aliphatic carbocycles. The predicted octanol–water partition coefficient (Wildman–Crippen LogP) is -4.19. The number of rotatable bonds is 32. The molecule has 0 radical (unpaired) electrons. The Hall–Kier alpha value is -12.4. The lowest BCUT2D eigenvalue weighted by molar-refractivity contribution is -0.141. The fourth-order valence-corrected chi connectivity index (χ4v) is 11.0. The molecule has 109 heavy (non-hydrogen) atoms. The van der Waals surface area contributed by atoms with Gasteiger partial charge in [0, 0.05) is 51.0 Å². The minimum atomic E-state index is -5.27. The number of alkyl halides is 3. The highest BCUT2D eigenvalue weighted by molar-refractivity contribution is 6.01. The zero-order valence-electron chi connectivity index (χ0n) is 58.7. The number of aromatic hydroxyl groups is 2. The second kappa shape index (κ2) is 43.3. The molecule has 38 nitrogen and oxygen atoms in total. The van der Waals surface area contributed by atoms with Crippen LogP contribution in [0.4, 0.5) is 17.6 Å². The minimum absolute atomic E-state index is 0.00121. The first-order valence-electron chi connectivity index (χ1n) is 34.4. The number of phenols is 2. The summed E-state index contributed by atoms with van der Waals surface area (Å²) in [7, 11) is 0. The van der Waals surface area contributed by atoms with Gasteiger partial charge >= 0.3 is 18.1 Å². The number of benzene rings is 3. The lowest BCUT2D eigenvalue weighted by atomic mass is 10.0. The quantitative estimate of drug-likeness (QED) is 0.0122. The smallest absolute Gasteiger partial charge is 0.419 e.